The molecule has 0 bridgehead atoms. The van der Waals surface area contributed by atoms with Gasteiger partial charge in [-0.15, -0.1) is 0 Å². The molecule has 0 aliphatic carbocycles. The molecule has 2 nitrogen and oxygen atoms in total. The Morgan fingerprint density at radius 2 is 1.87 bits per heavy atom. The molecule has 0 atom stereocenters. The van der Waals surface area contributed by atoms with Crippen LogP contribution in [0.5, 0.6) is 0 Å². The minimum absolute atomic E-state index is 0.628. The summed E-state index contributed by atoms with van der Waals surface area (Å²) in [6, 6.07) is 14.6. The molecule has 15 heavy (non-hydrogen) atoms. The molecule has 0 amide bonds. The van der Waals surface area contributed by atoms with Gasteiger partial charge in [0.25, 0.3) is 0 Å². The number of nitrogens with two attached hydrogens (primary N) is 1. The average molecular weight is 198 g/mol. The van der Waals surface area contributed by atoms with Crippen molar-refractivity contribution in [1.82, 2.24) is 0 Å². The number of hydrogen-bond donors (Lipinski definition) is 1. The van der Waals surface area contributed by atoms with Crippen LogP contribution in [0.2, 0.25) is 0 Å². The number of fused-ring (bicyclic) bond motifs is 1. The van der Waals surface area contributed by atoms with E-state index in [-0.39, 0.29) is 0 Å². The van der Waals surface area contributed by atoms with E-state index in [9.17, 15) is 0 Å². The summed E-state index contributed by atoms with van der Waals surface area (Å²) < 4.78 is 0. The second-order valence-corrected chi connectivity index (χ2v) is 3.60. The molecule has 0 radical (unpaired) electrons. The first kappa shape index (κ1) is 9.71. The fourth-order valence-corrected chi connectivity index (χ4v) is 1.64. The van der Waals surface area contributed by atoms with Crippen LogP contribution in [-0.4, -0.2) is 5.84 Å². The smallest absolute Gasteiger partial charge is 0.0909 e. The van der Waals surface area contributed by atoms with Crippen molar-refractivity contribution in [3.8, 4) is 0 Å². The fourth-order valence-electron chi connectivity index (χ4n) is 1.64. The average Bonchev–Trinajstić information content (AvgIpc) is 2.26. The molecule has 0 spiro atoms. The molecule has 76 valence electrons. The molecule has 0 saturated carbocycles. The van der Waals surface area contributed by atoms with Gasteiger partial charge in [0.1, 0.15) is 0 Å². The zero-order valence-electron chi connectivity index (χ0n) is 8.77. The number of benzene rings is 2. The van der Waals surface area contributed by atoms with Crippen molar-refractivity contribution >= 4 is 16.6 Å². The molecule has 0 aromatic heterocycles. The summed E-state index contributed by atoms with van der Waals surface area (Å²) in [5.41, 5.74) is 6.75. The second kappa shape index (κ2) is 4.13. The highest BCUT2D eigenvalue weighted by atomic mass is 14.8. The van der Waals surface area contributed by atoms with Gasteiger partial charge in [0.15, 0.2) is 0 Å². The van der Waals surface area contributed by atoms with E-state index in [1.54, 1.807) is 0 Å². The Labute approximate surface area is 89.4 Å². The molecule has 0 heterocycles. The van der Waals surface area contributed by atoms with Gasteiger partial charge in [-0.25, -0.2) is 0 Å². The second-order valence-electron chi connectivity index (χ2n) is 3.60. The van der Waals surface area contributed by atoms with Crippen molar-refractivity contribution in [3.05, 3.63) is 48.0 Å². The van der Waals surface area contributed by atoms with Gasteiger partial charge < -0.3 is 5.73 Å². The highest BCUT2D eigenvalue weighted by molar-refractivity contribution is 5.86. The van der Waals surface area contributed by atoms with Gasteiger partial charge in [0.2, 0.25) is 0 Å². The highest BCUT2D eigenvalue weighted by Gasteiger charge is 1.98. The van der Waals surface area contributed by atoms with Gasteiger partial charge in [-0.1, -0.05) is 42.5 Å². The third kappa shape index (κ3) is 2.15. The van der Waals surface area contributed by atoms with Crippen LogP contribution >= 0.6 is 0 Å². The summed E-state index contributed by atoms with van der Waals surface area (Å²) in [6.07, 6.45) is 0. The van der Waals surface area contributed by atoms with Crippen molar-refractivity contribution < 1.29 is 0 Å². The Morgan fingerprint density at radius 3 is 2.67 bits per heavy atom. The third-order valence-electron chi connectivity index (χ3n) is 2.38. The zero-order valence-corrected chi connectivity index (χ0v) is 8.77. The lowest BCUT2D eigenvalue weighted by molar-refractivity contribution is 1.07. The SMILES string of the molecule is CC(N)=NCc1cccc2ccccc12. The standard InChI is InChI=1S/C13H14N2/c1-10(14)15-9-12-7-4-6-11-5-2-3-8-13(11)12/h2-8H,9H2,1H3,(H2,14,15). The first-order valence-electron chi connectivity index (χ1n) is 5.00. The highest BCUT2D eigenvalue weighted by Crippen LogP contribution is 2.18. The summed E-state index contributed by atoms with van der Waals surface area (Å²) in [4.78, 5) is 4.24. The van der Waals surface area contributed by atoms with Crippen molar-refractivity contribution in [1.29, 1.82) is 0 Å². The Morgan fingerprint density at radius 1 is 1.13 bits per heavy atom. The summed E-state index contributed by atoms with van der Waals surface area (Å²) in [6.45, 7) is 2.47. The van der Waals surface area contributed by atoms with Gasteiger partial charge in [0.05, 0.1) is 12.4 Å². The molecule has 0 fully saturated rings. The molecule has 2 aromatic carbocycles. The van der Waals surface area contributed by atoms with Gasteiger partial charge >= 0.3 is 0 Å². The fraction of sp³-hybridized carbons (Fsp3) is 0.154. The van der Waals surface area contributed by atoms with Crippen LogP contribution in [-0.2, 0) is 6.54 Å². The maximum atomic E-state index is 5.53. The maximum absolute atomic E-state index is 5.53. The molecule has 0 aliphatic heterocycles. The van der Waals surface area contributed by atoms with Gasteiger partial charge in [-0.05, 0) is 23.3 Å². The van der Waals surface area contributed by atoms with Gasteiger partial charge in [-0.3, -0.25) is 4.99 Å². The molecule has 0 unspecified atom stereocenters. The number of hydrogen-bond acceptors (Lipinski definition) is 1. The molecule has 2 rings (SSSR count). The molecule has 2 N–H and O–H groups in total. The van der Waals surface area contributed by atoms with Gasteiger partial charge in [0, 0.05) is 0 Å². The van der Waals surface area contributed by atoms with Gasteiger partial charge in [-0.2, -0.15) is 0 Å². The number of aliphatic imine (C=N–C) groups is 1. The molecular weight excluding hydrogens is 184 g/mol. The van der Waals surface area contributed by atoms with E-state index in [0.717, 1.165) is 0 Å². The molecule has 2 heteroatoms. The first-order chi connectivity index (χ1) is 7.27. The van der Waals surface area contributed by atoms with E-state index in [1.807, 2.05) is 19.1 Å². The first-order valence-corrected chi connectivity index (χ1v) is 5.00. The van der Waals surface area contributed by atoms with E-state index in [1.165, 1.54) is 16.3 Å². The Kier molecular flexibility index (Phi) is 2.68. The van der Waals surface area contributed by atoms with Crippen LogP contribution < -0.4 is 5.73 Å². The van der Waals surface area contributed by atoms with E-state index in [2.05, 4.69) is 35.3 Å². The minimum atomic E-state index is 0.628. The molecule has 0 saturated heterocycles. The Bertz CT molecular complexity index is 491. The summed E-state index contributed by atoms with van der Waals surface area (Å²) in [7, 11) is 0. The molecular formula is C13H14N2. The van der Waals surface area contributed by atoms with Crippen molar-refractivity contribution in [3.63, 3.8) is 0 Å². The van der Waals surface area contributed by atoms with Crippen LogP contribution in [0.4, 0.5) is 0 Å². The number of nitrogens with zero attached hydrogens (tertiary/aromatic N) is 1. The quantitative estimate of drug-likeness (QED) is 0.584. The normalized spacial score (nSPS) is 11.9. The van der Waals surface area contributed by atoms with Crippen LogP contribution in [0.15, 0.2) is 47.5 Å². The monoisotopic (exact) mass is 198 g/mol. The van der Waals surface area contributed by atoms with Crippen LogP contribution in [0.25, 0.3) is 10.8 Å². The van der Waals surface area contributed by atoms with Crippen LogP contribution in [0.1, 0.15) is 12.5 Å². The Hall–Kier alpha value is -1.83. The third-order valence-corrected chi connectivity index (χ3v) is 2.38. The minimum Gasteiger partial charge on any atom is -0.388 e. The summed E-state index contributed by atoms with van der Waals surface area (Å²) >= 11 is 0. The number of rotatable bonds is 2. The largest absolute Gasteiger partial charge is 0.388 e. The summed E-state index contributed by atoms with van der Waals surface area (Å²) in [5, 5.41) is 2.50. The zero-order chi connectivity index (χ0) is 10.7. The van der Waals surface area contributed by atoms with Crippen LogP contribution in [0, 0.1) is 0 Å². The predicted octanol–water partition coefficient (Wildman–Crippen LogP) is 2.72. The predicted molar refractivity (Wildman–Crippen MR) is 64.9 cm³/mol. The van der Waals surface area contributed by atoms with E-state index in [0.29, 0.717) is 12.4 Å². The lowest BCUT2D eigenvalue weighted by atomic mass is 10.1. The lowest BCUT2D eigenvalue weighted by Crippen LogP contribution is -2.05. The molecule has 0 aliphatic rings. The van der Waals surface area contributed by atoms with Crippen molar-refractivity contribution in [2.75, 3.05) is 0 Å². The Balaban J connectivity index is 2.47. The molecule has 2 aromatic rings. The van der Waals surface area contributed by atoms with Crippen molar-refractivity contribution in [2.24, 2.45) is 10.7 Å². The van der Waals surface area contributed by atoms with E-state index >= 15 is 0 Å². The van der Waals surface area contributed by atoms with E-state index < -0.39 is 0 Å². The topological polar surface area (TPSA) is 38.4 Å². The van der Waals surface area contributed by atoms with Crippen molar-refractivity contribution in [2.45, 2.75) is 13.5 Å². The number of amidine groups is 1. The lowest BCUT2D eigenvalue weighted by Gasteiger charge is -2.03. The van der Waals surface area contributed by atoms with E-state index in [4.69, 9.17) is 5.73 Å². The summed E-state index contributed by atoms with van der Waals surface area (Å²) in [5.74, 6) is 0.628. The van der Waals surface area contributed by atoms with Crippen LogP contribution in [0.3, 0.4) is 0 Å². The maximum Gasteiger partial charge on any atom is 0.0909 e.